The molecule has 0 atom stereocenters. The van der Waals surface area contributed by atoms with E-state index >= 15 is 0 Å². The maximum absolute atomic E-state index is 11.7. The number of nitrogens with zero attached hydrogens (tertiary/aromatic N) is 2. The number of ether oxygens (including phenoxy) is 1. The van der Waals surface area contributed by atoms with Gasteiger partial charge in [-0.3, -0.25) is 4.98 Å². The van der Waals surface area contributed by atoms with Gasteiger partial charge in [0.05, 0.1) is 12.3 Å². The van der Waals surface area contributed by atoms with Crippen molar-refractivity contribution in [1.82, 2.24) is 9.97 Å². The van der Waals surface area contributed by atoms with Crippen molar-refractivity contribution in [3.63, 3.8) is 0 Å². The fourth-order valence-corrected chi connectivity index (χ4v) is 2.51. The van der Waals surface area contributed by atoms with Crippen LogP contribution in [0.15, 0.2) is 22.8 Å². The van der Waals surface area contributed by atoms with E-state index in [0.29, 0.717) is 12.3 Å². The lowest BCUT2D eigenvalue weighted by Gasteiger charge is -1.98. The molecule has 4 nitrogen and oxygen atoms in total. The van der Waals surface area contributed by atoms with Crippen LogP contribution in [0.4, 0.5) is 0 Å². The van der Waals surface area contributed by atoms with Crippen LogP contribution >= 0.6 is 27.3 Å². The zero-order valence-corrected chi connectivity index (χ0v) is 12.3. The number of thiazole rings is 1. The van der Waals surface area contributed by atoms with E-state index in [2.05, 4.69) is 25.9 Å². The first-order valence-electron chi connectivity index (χ1n) is 5.38. The highest BCUT2D eigenvalue weighted by Crippen LogP contribution is 2.27. The molecule has 6 heteroatoms. The summed E-state index contributed by atoms with van der Waals surface area (Å²) in [7, 11) is 0. The molecule has 18 heavy (non-hydrogen) atoms. The maximum atomic E-state index is 11.7. The summed E-state index contributed by atoms with van der Waals surface area (Å²) < 4.78 is 5.86. The second kappa shape index (κ2) is 5.58. The lowest BCUT2D eigenvalue weighted by molar-refractivity contribution is 0.0519. The van der Waals surface area contributed by atoms with Gasteiger partial charge in [0, 0.05) is 15.5 Å². The molecule has 0 aliphatic rings. The predicted molar refractivity (Wildman–Crippen MR) is 73.7 cm³/mol. The van der Waals surface area contributed by atoms with Crippen molar-refractivity contribution in [1.29, 1.82) is 0 Å². The van der Waals surface area contributed by atoms with Gasteiger partial charge in [0.1, 0.15) is 5.01 Å². The zero-order valence-electron chi connectivity index (χ0n) is 9.94. The van der Waals surface area contributed by atoms with Crippen LogP contribution in [0.5, 0.6) is 0 Å². The van der Waals surface area contributed by atoms with Crippen molar-refractivity contribution in [2.75, 3.05) is 6.61 Å². The second-order valence-corrected chi connectivity index (χ2v) is 5.62. The number of carbonyl (C=O) groups is 1. The Balaban J connectivity index is 2.34. The molecule has 0 N–H and O–H groups in total. The summed E-state index contributed by atoms with van der Waals surface area (Å²) in [5.41, 5.74) is 1.13. The lowest BCUT2D eigenvalue weighted by atomic mass is 10.3. The number of esters is 1. The molecule has 0 aromatic carbocycles. The average Bonchev–Trinajstić information content (AvgIpc) is 2.72. The van der Waals surface area contributed by atoms with Crippen molar-refractivity contribution >= 4 is 33.2 Å². The van der Waals surface area contributed by atoms with Crippen LogP contribution in [0.3, 0.4) is 0 Å². The molecule has 2 heterocycles. The Morgan fingerprint density at radius 2 is 2.28 bits per heavy atom. The smallest absolute Gasteiger partial charge is 0.358 e. The maximum Gasteiger partial charge on any atom is 0.358 e. The number of carbonyl (C=O) groups excluding carboxylic acids is 1. The van der Waals surface area contributed by atoms with E-state index in [-0.39, 0.29) is 5.97 Å². The minimum atomic E-state index is -0.380. The number of hydrogen-bond acceptors (Lipinski definition) is 5. The fraction of sp³-hybridized carbons (Fsp3) is 0.250. The van der Waals surface area contributed by atoms with Crippen LogP contribution in [-0.4, -0.2) is 22.5 Å². The van der Waals surface area contributed by atoms with Gasteiger partial charge in [-0.25, -0.2) is 9.78 Å². The SMILES string of the molecule is CCOC(=O)c1nc(-c2ccc(Br)cn2)sc1C. The first-order chi connectivity index (χ1) is 8.61. The average molecular weight is 327 g/mol. The summed E-state index contributed by atoms with van der Waals surface area (Å²) in [4.78, 5) is 21.1. The van der Waals surface area contributed by atoms with E-state index in [4.69, 9.17) is 4.74 Å². The summed E-state index contributed by atoms with van der Waals surface area (Å²) in [6.45, 7) is 3.98. The van der Waals surface area contributed by atoms with Gasteiger partial charge in [0.2, 0.25) is 0 Å². The van der Waals surface area contributed by atoms with E-state index in [1.807, 2.05) is 19.1 Å². The number of hydrogen-bond donors (Lipinski definition) is 0. The molecule has 0 amide bonds. The van der Waals surface area contributed by atoms with Gasteiger partial charge in [-0.1, -0.05) is 0 Å². The van der Waals surface area contributed by atoms with Crippen LogP contribution in [0.2, 0.25) is 0 Å². The second-order valence-electron chi connectivity index (χ2n) is 3.51. The molecule has 0 spiro atoms. The predicted octanol–water partition coefficient (Wildman–Crippen LogP) is 3.45. The fourth-order valence-electron chi connectivity index (χ4n) is 1.40. The summed E-state index contributed by atoms with van der Waals surface area (Å²) in [6, 6.07) is 3.75. The Kier molecular flexibility index (Phi) is 4.08. The molecule has 0 fully saturated rings. The highest BCUT2D eigenvalue weighted by molar-refractivity contribution is 9.10. The molecule has 94 valence electrons. The van der Waals surface area contributed by atoms with Crippen molar-refractivity contribution in [3.8, 4) is 10.7 Å². The minimum Gasteiger partial charge on any atom is -0.461 e. The zero-order chi connectivity index (χ0) is 13.1. The molecular formula is C12H11BrN2O2S. The van der Waals surface area contributed by atoms with Gasteiger partial charge < -0.3 is 4.74 Å². The van der Waals surface area contributed by atoms with Crippen LogP contribution in [0.1, 0.15) is 22.3 Å². The van der Waals surface area contributed by atoms with Gasteiger partial charge in [-0.15, -0.1) is 11.3 Å². The van der Waals surface area contributed by atoms with E-state index in [0.717, 1.165) is 20.1 Å². The van der Waals surface area contributed by atoms with Crippen LogP contribution in [-0.2, 0) is 4.74 Å². The van der Waals surface area contributed by atoms with Gasteiger partial charge in [0.15, 0.2) is 5.69 Å². The number of aromatic nitrogens is 2. The number of halogens is 1. The number of aryl methyl sites for hydroxylation is 1. The summed E-state index contributed by atoms with van der Waals surface area (Å²) >= 11 is 4.77. The van der Waals surface area contributed by atoms with Crippen molar-refractivity contribution in [2.24, 2.45) is 0 Å². The molecule has 0 unspecified atom stereocenters. The van der Waals surface area contributed by atoms with E-state index in [1.54, 1.807) is 13.1 Å². The van der Waals surface area contributed by atoms with E-state index in [1.165, 1.54) is 11.3 Å². The standard InChI is InChI=1S/C12H11BrN2O2S/c1-3-17-12(16)10-7(2)18-11(15-10)9-5-4-8(13)6-14-9/h4-6H,3H2,1-2H3. The molecule has 0 saturated heterocycles. The van der Waals surface area contributed by atoms with Gasteiger partial charge in [0.25, 0.3) is 0 Å². The highest BCUT2D eigenvalue weighted by atomic mass is 79.9. The molecular weight excluding hydrogens is 316 g/mol. The lowest BCUT2D eigenvalue weighted by Crippen LogP contribution is -2.06. The van der Waals surface area contributed by atoms with Crippen molar-refractivity contribution in [3.05, 3.63) is 33.4 Å². The van der Waals surface area contributed by atoms with Gasteiger partial charge in [-0.2, -0.15) is 0 Å². The Morgan fingerprint density at radius 3 is 2.89 bits per heavy atom. The monoisotopic (exact) mass is 326 g/mol. The summed E-state index contributed by atoms with van der Waals surface area (Å²) in [5, 5.41) is 0.725. The van der Waals surface area contributed by atoms with Gasteiger partial charge >= 0.3 is 5.97 Å². The normalized spacial score (nSPS) is 10.4. The van der Waals surface area contributed by atoms with Crippen LogP contribution in [0, 0.1) is 6.92 Å². The van der Waals surface area contributed by atoms with Gasteiger partial charge in [-0.05, 0) is 41.9 Å². The first kappa shape index (κ1) is 13.2. The molecule has 2 aromatic rings. The molecule has 2 aromatic heterocycles. The highest BCUT2D eigenvalue weighted by Gasteiger charge is 2.17. The molecule has 0 aliphatic carbocycles. The third-order valence-electron chi connectivity index (χ3n) is 2.21. The van der Waals surface area contributed by atoms with Crippen LogP contribution in [0.25, 0.3) is 10.7 Å². The third-order valence-corrected chi connectivity index (χ3v) is 3.67. The Bertz CT molecular complexity index is 566. The molecule has 0 bridgehead atoms. The first-order valence-corrected chi connectivity index (χ1v) is 6.99. The Hall–Kier alpha value is -1.27. The van der Waals surface area contributed by atoms with E-state index in [9.17, 15) is 4.79 Å². The van der Waals surface area contributed by atoms with Crippen molar-refractivity contribution in [2.45, 2.75) is 13.8 Å². The number of rotatable bonds is 3. The Labute approximate surface area is 117 Å². The summed E-state index contributed by atoms with van der Waals surface area (Å²) in [6.07, 6.45) is 1.70. The minimum absolute atomic E-state index is 0.349. The van der Waals surface area contributed by atoms with Crippen molar-refractivity contribution < 1.29 is 9.53 Å². The van der Waals surface area contributed by atoms with E-state index < -0.39 is 0 Å². The topological polar surface area (TPSA) is 52.1 Å². The molecule has 0 saturated carbocycles. The largest absolute Gasteiger partial charge is 0.461 e. The van der Waals surface area contributed by atoms with Crippen LogP contribution < -0.4 is 0 Å². The molecule has 2 rings (SSSR count). The third kappa shape index (κ3) is 2.76. The quantitative estimate of drug-likeness (QED) is 0.810. The summed E-state index contributed by atoms with van der Waals surface area (Å²) in [5.74, 6) is -0.380. The molecule has 0 radical (unpaired) electrons. The molecule has 0 aliphatic heterocycles. The number of pyridine rings is 1. The Morgan fingerprint density at radius 1 is 1.50 bits per heavy atom.